The van der Waals surface area contributed by atoms with Crippen molar-refractivity contribution in [3.8, 4) is 0 Å². The van der Waals surface area contributed by atoms with Crippen LogP contribution in [-0.4, -0.2) is 37.7 Å². The molecule has 0 aliphatic carbocycles. The fourth-order valence-electron chi connectivity index (χ4n) is 2.19. The molecule has 1 aliphatic rings. The van der Waals surface area contributed by atoms with Crippen LogP contribution in [0.15, 0.2) is 12.1 Å². The maximum absolute atomic E-state index is 12.2. The quantitative estimate of drug-likeness (QED) is 0.837. The minimum atomic E-state index is -0.126. The first-order valence-corrected chi connectivity index (χ1v) is 7.11. The molecule has 6 heteroatoms. The second kappa shape index (κ2) is 6.41. The van der Waals surface area contributed by atoms with Crippen LogP contribution < -0.4 is 10.6 Å². The standard InChI is InChI=1S/C14H20ClN3O2/c1-14(3-5-20-6-4-14)9-17-13(19)10-7-11(15)18-12(8-10)16-2/h7-8H,3-6,9H2,1-2H3,(H,16,18)(H,17,19). The number of hydrogen-bond acceptors (Lipinski definition) is 4. The third-order valence-corrected chi connectivity index (χ3v) is 3.88. The van der Waals surface area contributed by atoms with Crippen LogP contribution in [0.3, 0.4) is 0 Å². The van der Waals surface area contributed by atoms with Crippen LogP contribution in [0.5, 0.6) is 0 Å². The van der Waals surface area contributed by atoms with Gasteiger partial charge in [-0.25, -0.2) is 4.98 Å². The lowest BCUT2D eigenvalue weighted by atomic mass is 9.82. The summed E-state index contributed by atoms with van der Waals surface area (Å²) in [6.07, 6.45) is 1.93. The summed E-state index contributed by atoms with van der Waals surface area (Å²) in [6, 6.07) is 3.26. The molecule has 0 radical (unpaired) electrons. The van der Waals surface area contributed by atoms with Gasteiger partial charge in [-0.2, -0.15) is 0 Å². The largest absolute Gasteiger partial charge is 0.381 e. The highest BCUT2D eigenvalue weighted by molar-refractivity contribution is 6.29. The van der Waals surface area contributed by atoms with E-state index in [4.69, 9.17) is 16.3 Å². The Hall–Kier alpha value is -1.33. The summed E-state index contributed by atoms with van der Waals surface area (Å²) in [5.41, 5.74) is 0.626. The van der Waals surface area contributed by atoms with Gasteiger partial charge < -0.3 is 15.4 Å². The summed E-state index contributed by atoms with van der Waals surface area (Å²) < 4.78 is 5.36. The Morgan fingerprint density at radius 1 is 1.45 bits per heavy atom. The predicted octanol–water partition coefficient (Wildman–Crippen LogP) is 2.32. The third-order valence-electron chi connectivity index (χ3n) is 3.69. The van der Waals surface area contributed by atoms with Gasteiger partial charge >= 0.3 is 0 Å². The first kappa shape index (κ1) is 15.1. The van der Waals surface area contributed by atoms with Crippen LogP contribution in [0.2, 0.25) is 5.15 Å². The number of nitrogens with zero attached hydrogens (tertiary/aromatic N) is 1. The molecule has 1 aromatic heterocycles. The molecule has 0 saturated carbocycles. The highest BCUT2D eigenvalue weighted by Crippen LogP contribution is 2.28. The van der Waals surface area contributed by atoms with E-state index in [0.717, 1.165) is 26.1 Å². The smallest absolute Gasteiger partial charge is 0.251 e. The van der Waals surface area contributed by atoms with Gasteiger partial charge in [-0.05, 0) is 30.4 Å². The van der Waals surface area contributed by atoms with E-state index >= 15 is 0 Å². The van der Waals surface area contributed by atoms with E-state index in [1.165, 1.54) is 0 Å². The van der Waals surface area contributed by atoms with E-state index in [9.17, 15) is 4.79 Å². The summed E-state index contributed by atoms with van der Waals surface area (Å²) >= 11 is 5.90. The first-order valence-electron chi connectivity index (χ1n) is 6.74. The molecule has 1 aromatic rings. The maximum Gasteiger partial charge on any atom is 0.251 e. The summed E-state index contributed by atoms with van der Waals surface area (Å²) in [6.45, 7) is 4.34. The number of rotatable bonds is 4. The average molecular weight is 298 g/mol. The molecule has 0 aromatic carbocycles. The van der Waals surface area contributed by atoms with Gasteiger partial charge in [-0.15, -0.1) is 0 Å². The fraction of sp³-hybridized carbons (Fsp3) is 0.571. The molecule has 2 rings (SSSR count). The minimum Gasteiger partial charge on any atom is -0.381 e. The van der Waals surface area contributed by atoms with Crippen LogP contribution in [0.1, 0.15) is 30.1 Å². The molecule has 2 N–H and O–H groups in total. The van der Waals surface area contributed by atoms with E-state index in [0.29, 0.717) is 23.1 Å². The van der Waals surface area contributed by atoms with E-state index in [1.54, 1.807) is 19.2 Å². The van der Waals surface area contributed by atoms with Crippen molar-refractivity contribution in [3.05, 3.63) is 22.8 Å². The molecule has 0 bridgehead atoms. The molecule has 0 unspecified atom stereocenters. The predicted molar refractivity (Wildman–Crippen MR) is 79.3 cm³/mol. The van der Waals surface area contributed by atoms with E-state index < -0.39 is 0 Å². The highest BCUT2D eigenvalue weighted by Gasteiger charge is 2.27. The topological polar surface area (TPSA) is 63.2 Å². The van der Waals surface area contributed by atoms with Crippen LogP contribution in [0.25, 0.3) is 0 Å². The normalized spacial score (nSPS) is 17.6. The average Bonchev–Trinajstić information content (AvgIpc) is 2.45. The SMILES string of the molecule is CNc1cc(C(=O)NCC2(C)CCOCC2)cc(Cl)n1. The lowest BCUT2D eigenvalue weighted by Gasteiger charge is -2.33. The molecule has 0 atom stereocenters. The molecular formula is C14H20ClN3O2. The Labute approximate surface area is 124 Å². The Morgan fingerprint density at radius 2 is 2.15 bits per heavy atom. The number of pyridine rings is 1. The number of anilines is 1. The molecule has 5 nitrogen and oxygen atoms in total. The number of amides is 1. The number of hydrogen-bond donors (Lipinski definition) is 2. The highest BCUT2D eigenvalue weighted by atomic mass is 35.5. The van der Waals surface area contributed by atoms with Crippen LogP contribution in [-0.2, 0) is 4.74 Å². The Bertz CT molecular complexity index is 487. The summed E-state index contributed by atoms with van der Waals surface area (Å²) in [7, 11) is 1.74. The number of nitrogens with one attached hydrogen (secondary N) is 2. The first-order chi connectivity index (χ1) is 9.52. The molecule has 0 spiro atoms. The molecule has 2 heterocycles. The van der Waals surface area contributed by atoms with Crippen molar-refractivity contribution in [1.29, 1.82) is 0 Å². The number of aromatic nitrogens is 1. The zero-order chi connectivity index (χ0) is 14.6. The number of ether oxygens (including phenoxy) is 1. The van der Waals surface area contributed by atoms with Crippen molar-refractivity contribution < 1.29 is 9.53 Å². The summed E-state index contributed by atoms with van der Waals surface area (Å²) in [5.74, 6) is 0.457. The zero-order valence-corrected chi connectivity index (χ0v) is 12.6. The molecule has 110 valence electrons. The molecule has 1 fully saturated rings. The summed E-state index contributed by atoms with van der Waals surface area (Å²) in [4.78, 5) is 16.2. The van der Waals surface area contributed by atoms with Crippen molar-refractivity contribution in [2.24, 2.45) is 5.41 Å². The summed E-state index contributed by atoms with van der Waals surface area (Å²) in [5, 5.41) is 6.17. The van der Waals surface area contributed by atoms with Crippen molar-refractivity contribution in [1.82, 2.24) is 10.3 Å². The lowest BCUT2D eigenvalue weighted by Crippen LogP contribution is -2.39. The lowest BCUT2D eigenvalue weighted by molar-refractivity contribution is 0.0238. The van der Waals surface area contributed by atoms with Crippen molar-refractivity contribution in [2.45, 2.75) is 19.8 Å². The zero-order valence-electron chi connectivity index (χ0n) is 11.8. The van der Waals surface area contributed by atoms with Gasteiger partial charge in [0, 0.05) is 32.4 Å². The van der Waals surface area contributed by atoms with Gasteiger partial charge in [0.1, 0.15) is 11.0 Å². The Balaban J connectivity index is 1.99. The van der Waals surface area contributed by atoms with Crippen LogP contribution in [0, 0.1) is 5.41 Å². The number of carbonyl (C=O) groups is 1. The van der Waals surface area contributed by atoms with E-state index in [2.05, 4.69) is 22.5 Å². The minimum absolute atomic E-state index is 0.108. The van der Waals surface area contributed by atoms with Crippen molar-refractivity contribution in [2.75, 3.05) is 32.1 Å². The van der Waals surface area contributed by atoms with Crippen LogP contribution >= 0.6 is 11.6 Å². The van der Waals surface area contributed by atoms with Crippen LogP contribution in [0.4, 0.5) is 5.82 Å². The second-order valence-corrected chi connectivity index (χ2v) is 5.81. The number of carbonyl (C=O) groups excluding carboxylic acids is 1. The fourth-order valence-corrected chi connectivity index (χ4v) is 2.40. The van der Waals surface area contributed by atoms with Crippen molar-refractivity contribution in [3.63, 3.8) is 0 Å². The molecule has 20 heavy (non-hydrogen) atoms. The Kier molecular flexibility index (Phi) is 4.83. The van der Waals surface area contributed by atoms with Gasteiger partial charge in [0.2, 0.25) is 0 Å². The Morgan fingerprint density at radius 3 is 2.80 bits per heavy atom. The molecule has 1 saturated heterocycles. The number of halogens is 1. The van der Waals surface area contributed by atoms with Gasteiger partial charge in [0.05, 0.1) is 0 Å². The van der Waals surface area contributed by atoms with Gasteiger partial charge in [-0.1, -0.05) is 18.5 Å². The van der Waals surface area contributed by atoms with E-state index in [-0.39, 0.29) is 11.3 Å². The second-order valence-electron chi connectivity index (χ2n) is 5.42. The van der Waals surface area contributed by atoms with Gasteiger partial charge in [0.25, 0.3) is 5.91 Å². The monoisotopic (exact) mass is 297 g/mol. The van der Waals surface area contributed by atoms with Gasteiger partial charge in [-0.3, -0.25) is 4.79 Å². The molecule has 1 amide bonds. The van der Waals surface area contributed by atoms with Crippen molar-refractivity contribution >= 4 is 23.3 Å². The third kappa shape index (κ3) is 3.84. The van der Waals surface area contributed by atoms with Gasteiger partial charge in [0.15, 0.2) is 0 Å². The van der Waals surface area contributed by atoms with E-state index in [1.807, 2.05) is 0 Å². The maximum atomic E-state index is 12.2. The molecule has 1 aliphatic heterocycles. The molecular weight excluding hydrogens is 278 g/mol.